The molecule has 0 fully saturated rings. The van der Waals surface area contributed by atoms with Crippen LogP contribution in [0.25, 0.3) is 0 Å². The first-order chi connectivity index (χ1) is 15.5. The Balaban J connectivity index is 2.89. The third kappa shape index (κ3) is 9.83. The molecule has 0 saturated carbocycles. The maximum atomic E-state index is 13.0. The molecule has 0 aliphatic heterocycles. The number of carboxylic acid groups (broad SMARTS) is 1. The molecule has 9 nitrogen and oxygen atoms in total. The van der Waals surface area contributed by atoms with E-state index in [9.17, 15) is 19.2 Å². The molecule has 0 bridgehead atoms. The fourth-order valence-corrected chi connectivity index (χ4v) is 3.43. The van der Waals surface area contributed by atoms with Gasteiger partial charge in [-0.3, -0.25) is 14.4 Å². The summed E-state index contributed by atoms with van der Waals surface area (Å²) in [5.41, 5.74) is 6.96. The number of carbonyl (C=O) groups is 4. The number of carbonyl (C=O) groups excluding carboxylic acids is 3. The van der Waals surface area contributed by atoms with Crippen molar-refractivity contribution in [1.82, 2.24) is 16.0 Å². The number of carboxylic acids is 1. The molecule has 0 heterocycles. The largest absolute Gasteiger partial charge is 0.480 e. The fourth-order valence-electron chi connectivity index (χ4n) is 3.18. The molecule has 0 saturated heterocycles. The average Bonchev–Trinajstić information content (AvgIpc) is 2.74. The molecule has 0 aliphatic rings. The lowest BCUT2D eigenvalue weighted by Gasteiger charge is -2.27. The van der Waals surface area contributed by atoms with E-state index in [1.807, 2.05) is 44.2 Å². The maximum Gasteiger partial charge on any atom is 0.327 e. The Hall–Kier alpha value is -2.59. The molecule has 0 spiro atoms. The van der Waals surface area contributed by atoms with Crippen LogP contribution in [0.4, 0.5) is 0 Å². The Bertz CT molecular complexity index is 803. The number of nitrogens with two attached hydrogens (primary N) is 1. The lowest BCUT2D eigenvalue weighted by molar-refractivity contribution is -0.142. The summed E-state index contributed by atoms with van der Waals surface area (Å²) in [6.07, 6.45) is 0.663. The smallest absolute Gasteiger partial charge is 0.327 e. The number of amides is 3. The van der Waals surface area contributed by atoms with E-state index in [2.05, 4.69) is 28.6 Å². The minimum Gasteiger partial charge on any atom is -0.480 e. The van der Waals surface area contributed by atoms with Gasteiger partial charge in [0, 0.05) is 5.75 Å². The quantitative estimate of drug-likeness (QED) is 0.229. The highest BCUT2D eigenvalue weighted by Gasteiger charge is 2.31. The molecular formula is C23H36N4O5S. The second kappa shape index (κ2) is 13.8. The van der Waals surface area contributed by atoms with Gasteiger partial charge < -0.3 is 26.8 Å². The van der Waals surface area contributed by atoms with Crippen molar-refractivity contribution in [2.24, 2.45) is 17.6 Å². The molecule has 4 unspecified atom stereocenters. The van der Waals surface area contributed by atoms with Crippen molar-refractivity contribution in [1.29, 1.82) is 0 Å². The van der Waals surface area contributed by atoms with Crippen molar-refractivity contribution < 1.29 is 24.3 Å². The van der Waals surface area contributed by atoms with Crippen molar-refractivity contribution >= 4 is 36.3 Å². The zero-order valence-corrected chi connectivity index (χ0v) is 20.5. The van der Waals surface area contributed by atoms with Gasteiger partial charge in [0.1, 0.15) is 18.1 Å². The second-order valence-electron chi connectivity index (χ2n) is 8.80. The summed E-state index contributed by atoms with van der Waals surface area (Å²) in [7, 11) is 0. The molecule has 6 N–H and O–H groups in total. The number of hydrogen-bond donors (Lipinski definition) is 6. The maximum absolute atomic E-state index is 13.0. The SMILES string of the molecule is CC(C)CC(NC(=O)C(N)Cc1ccccc1)C(=O)NC(C(=O)NC(CS)C(=O)O)C(C)C. The number of benzene rings is 1. The van der Waals surface area contributed by atoms with Crippen molar-refractivity contribution in [3.8, 4) is 0 Å². The standard InChI is InChI=1S/C23H36N4O5S/c1-13(2)10-17(25-20(28)16(24)11-15-8-6-5-7-9-15)21(29)27-19(14(3)4)22(30)26-18(12-33)23(31)32/h5-9,13-14,16-19,33H,10-12,24H2,1-4H3,(H,25,28)(H,26,30)(H,27,29)(H,31,32). The Labute approximate surface area is 200 Å². The Morgan fingerprint density at radius 2 is 1.48 bits per heavy atom. The van der Waals surface area contributed by atoms with Gasteiger partial charge >= 0.3 is 5.97 Å². The van der Waals surface area contributed by atoms with E-state index < -0.39 is 47.9 Å². The first kappa shape index (κ1) is 28.4. The van der Waals surface area contributed by atoms with Gasteiger partial charge in [-0.1, -0.05) is 58.0 Å². The van der Waals surface area contributed by atoms with Crippen LogP contribution in [0.15, 0.2) is 30.3 Å². The van der Waals surface area contributed by atoms with Gasteiger partial charge in [0.2, 0.25) is 17.7 Å². The van der Waals surface area contributed by atoms with Crippen LogP contribution >= 0.6 is 12.6 Å². The van der Waals surface area contributed by atoms with Crippen LogP contribution in [-0.2, 0) is 25.6 Å². The van der Waals surface area contributed by atoms with Crippen molar-refractivity contribution in [3.63, 3.8) is 0 Å². The highest BCUT2D eigenvalue weighted by atomic mass is 32.1. The number of hydrogen-bond acceptors (Lipinski definition) is 6. The van der Waals surface area contributed by atoms with Crippen LogP contribution in [0.2, 0.25) is 0 Å². The van der Waals surface area contributed by atoms with E-state index in [0.717, 1.165) is 5.56 Å². The lowest BCUT2D eigenvalue weighted by atomic mass is 9.99. The summed E-state index contributed by atoms with van der Waals surface area (Å²) < 4.78 is 0. The third-order valence-corrected chi connectivity index (χ3v) is 5.38. The Morgan fingerprint density at radius 1 is 0.909 bits per heavy atom. The minimum atomic E-state index is -1.22. The normalized spacial score (nSPS) is 14.8. The Kier molecular flexibility index (Phi) is 11.9. The molecule has 0 radical (unpaired) electrons. The van der Waals surface area contributed by atoms with E-state index in [1.165, 1.54) is 0 Å². The van der Waals surface area contributed by atoms with Gasteiger partial charge in [0.15, 0.2) is 0 Å². The van der Waals surface area contributed by atoms with Crippen LogP contribution in [0, 0.1) is 11.8 Å². The van der Waals surface area contributed by atoms with Gasteiger partial charge in [0.05, 0.1) is 6.04 Å². The minimum absolute atomic E-state index is 0.0818. The molecule has 4 atom stereocenters. The summed E-state index contributed by atoms with van der Waals surface area (Å²) in [5, 5.41) is 16.9. The van der Waals surface area contributed by atoms with E-state index >= 15 is 0 Å². The number of nitrogens with one attached hydrogen (secondary N) is 3. The molecular weight excluding hydrogens is 444 g/mol. The molecule has 1 aromatic carbocycles. The van der Waals surface area contributed by atoms with E-state index in [-0.39, 0.29) is 17.6 Å². The molecule has 33 heavy (non-hydrogen) atoms. The van der Waals surface area contributed by atoms with E-state index in [1.54, 1.807) is 13.8 Å². The van der Waals surface area contributed by atoms with E-state index in [4.69, 9.17) is 10.8 Å². The van der Waals surface area contributed by atoms with Crippen molar-refractivity contribution in [2.75, 3.05) is 5.75 Å². The molecule has 3 amide bonds. The number of aliphatic carboxylic acids is 1. The zero-order chi connectivity index (χ0) is 25.1. The van der Waals surface area contributed by atoms with Crippen LogP contribution in [-0.4, -0.2) is 58.7 Å². The topological polar surface area (TPSA) is 151 Å². The first-order valence-corrected chi connectivity index (χ1v) is 11.6. The molecule has 1 rings (SSSR count). The highest BCUT2D eigenvalue weighted by molar-refractivity contribution is 7.80. The summed E-state index contributed by atoms with van der Waals surface area (Å²) in [5.74, 6) is -3.18. The fraction of sp³-hybridized carbons (Fsp3) is 0.565. The monoisotopic (exact) mass is 480 g/mol. The number of rotatable bonds is 13. The predicted octanol–water partition coefficient (Wildman–Crippen LogP) is 0.727. The summed E-state index contributed by atoms with van der Waals surface area (Å²) in [6, 6.07) is 5.42. The van der Waals surface area contributed by atoms with Gasteiger partial charge in [-0.15, -0.1) is 0 Å². The molecule has 0 aliphatic carbocycles. The van der Waals surface area contributed by atoms with Gasteiger partial charge in [-0.2, -0.15) is 12.6 Å². The third-order valence-electron chi connectivity index (χ3n) is 5.02. The molecule has 10 heteroatoms. The van der Waals surface area contributed by atoms with Crippen LogP contribution in [0.5, 0.6) is 0 Å². The molecule has 1 aromatic rings. The van der Waals surface area contributed by atoms with Crippen LogP contribution in [0.3, 0.4) is 0 Å². The van der Waals surface area contributed by atoms with Gasteiger partial charge in [-0.25, -0.2) is 4.79 Å². The van der Waals surface area contributed by atoms with Gasteiger partial charge in [0.25, 0.3) is 0 Å². The predicted molar refractivity (Wildman–Crippen MR) is 130 cm³/mol. The second-order valence-corrected chi connectivity index (χ2v) is 9.16. The van der Waals surface area contributed by atoms with Gasteiger partial charge in [-0.05, 0) is 30.2 Å². The lowest BCUT2D eigenvalue weighted by Crippen LogP contribution is -2.59. The Morgan fingerprint density at radius 3 is 1.97 bits per heavy atom. The molecule has 184 valence electrons. The summed E-state index contributed by atoms with van der Waals surface area (Å²) >= 11 is 3.94. The zero-order valence-electron chi connectivity index (χ0n) is 19.6. The summed E-state index contributed by atoms with van der Waals surface area (Å²) in [6.45, 7) is 7.28. The van der Waals surface area contributed by atoms with Crippen molar-refractivity contribution in [3.05, 3.63) is 35.9 Å². The first-order valence-electron chi connectivity index (χ1n) is 11.0. The average molecular weight is 481 g/mol. The summed E-state index contributed by atoms with van der Waals surface area (Å²) in [4.78, 5) is 49.6. The molecule has 0 aromatic heterocycles. The van der Waals surface area contributed by atoms with Crippen LogP contribution < -0.4 is 21.7 Å². The van der Waals surface area contributed by atoms with E-state index in [0.29, 0.717) is 12.8 Å². The number of thiol groups is 1. The van der Waals surface area contributed by atoms with Crippen LogP contribution in [0.1, 0.15) is 39.7 Å². The van der Waals surface area contributed by atoms with Crippen molar-refractivity contribution in [2.45, 2.75) is 64.7 Å². The highest BCUT2D eigenvalue weighted by Crippen LogP contribution is 2.09.